The molecule has 0 aromatic rings. The Kier molecular flexibility index (Phi) is 3.96. The minimum absolute atomic E-state index is 0.260. The normalized spacial score (nSPS) is 49.3. The first kappa shape index (κ1) is 12.0. The van der Waals surface area contributed by atoms with E-state index in [4.69, 9.17) is 0 Å². The largest absolute Gasteiger partial charge is 0.396 e. The summed E-state index contributed by atoms with van der Waals surface area (Å²) in [6.07, 6.45) is 0. The van der Waals surface area contributed by atoms with Crippen molar-refractivity contribution in [2.45, 2.75) is 27.7 Å². The summed E-state index contributed by atoms with van der Waals surface area (Å²) in [4.78, 5) is 0. The monoisotopic (exact) mass is 200 g/mol. The van der Waals surface area contributed by atoms with Gasteiger partial charge in [0.25, 0.3) is 0 Å². The van der Waals surface area contributed by atoms with Gasteiger partial charge >= 0.3 is 0 Å². The SMILES string of the molecule is CC1C(C)C(CO)C(C)C(CO)C1C. The van der Waals surface area contributed by atoms with Crippen LogP contribution >= 0.6 is 0 Å². The lowest BCUT2D eigenvalue weighted by atomic mass is 9.59. The van der Waals surface area contributed by atoms with Crippen LogP contribution in [-0.2, 0) is 0 Å². The van der Waals surface area contributed by atoms with Gasteiger partial charge < -0.3 is 10.2 Å². The summed E-state index contributed by atoms with van der Waals surface area (Å²) in [7, 11) is 0. The third-order valence-electron chi connectivity index (χ3n) is 4.78. The summed E-state index contributed by atoms with van der Waals surface area (Å²) >= 11 is 0. The van der Waals surface area contributed by atoms with Gasteiger partial charge in [-0.25, -0.2) is 0 Å². The first-order chi connectivity index (χ1) is 6.54. The Morgan fingerprint density at radius 1 is 0.643 bits per heavy atom. The van der Waals surface area contributed by atoms with Crippen LogP contribution in [0.4, 0.5) is 0 Å². The highest BCUT2D eigenvalue weighted by atomic mass is 16.3. The first-order valence-corrected chi connectivity index (χ1v) is 5.76. The maximum atomic E-state index is 9.37. The van der Waals surface area contributed by atoms with E-state index in [2.05, 4.69) is 27.7 Å². The van der Waals surface area contributed by atoms with Crippen LogP contribution in [0.2, 0.25) is 0 Å². The molecule has 1 rings (SSSR count). The topological polar surface area (TPSA) is 40.5 Å². The predicted molar refractivity (Wildman–Crippen MR) is 57.8 cm³/mol. The quantitative estimate of drug-likeness (QED) is 0.713. The smallest absolute Gasteiger partial charge is 0.0464 e. The van der Waals surface area contributed by atoms with Gasteiger partial charge in [-0.1, -0.05) is 27.7 Å². The van der Waals surface area contributed by atoms with Crippen LogP contribution in [0.1, 0.15) is 27.7 Å². The van der Waals surface area contributed by atoms with Gasteiger partial charge in [0.1, 0.15) is 0 Å². The van der Waals surface area contributed by atoms with Gasteiger partial charge in [-0.15, -0.1) is 0 Å². The summed E-state index contributed by atoms with van der Waals surface area (Å²) in [5, 5.41) is 18.7. The maximum absolute atomic E-state index is 9.37. The summed E-state index contributed by atoms with van der Waals surface area (Å²) in [5.74, 6) is 2.88. The number of rotatable bonds is 2. The highest BCUT2D eigenvalue weighted by Crippen LogP contribution is 2.44. The van der Waals surface area contributed by atoms with E-state index in [1.807, 2.05) is 0 Å². The zero-order valence-electron chi connectivity index (χ0n) is 9.77. The molecule has 1 fully saturated rings. The molecule has 1 saturated carbocycles. The highest BCUT2D eigenvalue weighted by molar-refractivity contribution is 4.90. The van der Waals surface area contributed by atoms with E-state index >= 15 is 0 Å². The zero-order valence-corrected chi connectivity index (χ0v) is 9.77. The molecule has 0 saturated heterocycles. The van der Waals surface area contributed by atoms with Gasteiger partial charge in [-0.3, -0.25) is 0 Å². The molecule has 2 N–H and O–H groups in total. The number of hydrogen-bond acceptors (Lipinski definition) is 2. The molecule has 2 nitrogen and oxygen atoms in total. The van der Waals surface area contributed by atoms with Crippen LogP contribution < -0.4 is 0 Å². The van der Waals surface area contributed by atoms with Crippen molar-refractivity contribution in [3.05, 3.63) is 0 Å². The fourth-order valence-corrected chi connectivity index (χ4v) is 3.20. The minimum atomic E-state index is 0.260. The second-order valence-electron chi connectivity index (χ2n) is 5.13. The molecule has 0 aromatic heterocycles. The Labute approximate surface area is 87.3 Å². The molecule has 0 bridgehead atoms. The van der Waals surface area contributed by atoms with Crippen LogP contribution in [0.15, 0.2) is 0 Å². The standard InChI is InChI=1S/C12H24O2/c1-7-8(2)11(5-13)10(4)12(6-14)9(7)3/h7-14H,5-6H2,1-4H3. The molecule has 0 heterocycles. The number of aliphatic hydroxyl groups is 2. The van der Waals surface area contributed by atoms with E-state index in [1.54, 1.807) is 0 Å². The zero-order chi connectivity index (χ0) is 10.9. The predicted octanol–water partition coefficient (Wildman–Crippen LogP) is 1.76. The van der Waals surface area contributed by atoms with Crippen molar-refractivity contribution >= 4 is 0 Å². The van der Waals surface area contributed by atoms with Crippen molar-refractivity contribution in [1.29, 1.82) is 0 Å². The van der Waals surface area contributed by atoms with Crippen LogP contribution in [0.25, 0.3) is 0 Å². The van der Waals surface area contributed by atoms with Gasteiger partial charge in [0.15, 0.2) is 0 Å². The Morgan fingerprint density at radius 2 is 1.00 bits per heavy atom. The molecule has 84 valence electrons. The Hall–Kier alpha value is -0.0800. The molecule has 4 unspecified atom stereocenters. The molecule has 0 radical (unpaired) electrons. The van der Waals surface area contributed by atoms with E-state index in [0.29, 0.717) is 35.5 Å². The lowest BCUT2D eigenvalue weighted by Gasteiger charge is -2.47. The van der Waals surface area contributed by atoms with Crippen molar-refractivity contribution in [2.24, 2.45) is 35.5 Å². The van der Waals surface area contributed by atoms with Crippen LogP contribution in [0.3, 0.4) is 0 Å². The molecule has 0 aromatic carbocycles. The van der Waals surface area contributed by atoms with Crippen molar-refractivity contribution in [3.8, 4) is 0 Å². The Bertz CT molecular complexity index is 163. The summed E-state index contributed by atoms with van der Waals surface area (Å²) in [6, 6.07) is 0. The lowest BCUT2D eigenvalue weighted by molar-refractivity contribution is -0.0371. The molecule has 0 amide bonds. The van der Waals surface area contributed by atoms with E-state index < -0.39 is 0 Å². The third kappa shape index (κ3) is 1.82. The molecule has 2 heteroatoms. The van der Waals surface area contributed by atoms with Gasteiger partial charge in [0.2, 0.25) is 0 Å². The van der Waals surface area contributed by atoms with Crippen molar-refractivity contribution in [1.82, 2.24) is 0 Å². The van der Waals surface area contributed by atoms with Crippen molar-refractivity contribution < 1.29 is 10.2 Å². The molecule has 1 aliphatic rings. The molecule has 14 heavy (non-hydrogen) atoms. The maximum Gasteiger partial charge on any atom is 0.0464 e. The van der Waals surface area contributed by atoms with E-state index in [1.165, 1.54) is 0 Å². The van der Waals surface area contributed by atoms with Crippen LogP contribution in [-0.4, -0.2) is 23.4 Å². The molecule has 4 atom stereocenters. The second kappa shape index (κ2) is 4.63. The van der Waals surface area contributed by atoms with E-state index in [9.17, 15) is 10.2 Å². The van der Waals surface area contributed by atoms with E-state index in [-0.39, 0.29) is 13.2 Å². The average molecular weight is 200 g/mol. The Morgan fingerprint density at radius 3 is 1.29 bits per heavy atom. The average Bonchev–Trinajstić information content (AvgIpc) is 2.16. The molecular weight excluding hydrogens is 176 g/mol. The van der Waals surface area contributed by atoms with Crippen molar-refractivity contribution in [3.63, 3.8) is 0 Å². The summed E-state index contributed by atoms with van der Waals surface area (Å²) < 4.78 is 0. The lowest BCUT2D eigenvalue weighted by Crippen LogP contribution is -2.45. The molecule has 1 aliphatic carbocycles. The van der Waals surface area contributed by atoms with Gasteiger partial charge in [0.05, 0.1) is 0 Å². The van der Waals surface area contributed by atoms with Crippen molar-refractivity contribution in [2.75, 3.05) is 13.2 Å². The highest BCUT2D eigenvalue weighted by Gasteiger charge is 2.42. The second-order valence-corrected chi connectivity index (χ2v) is 5.13. The van der Waals surface area contributed by atoms with Gasteiger partial charge in [-0.2, -0.15) is 0 Å². The minimum Gasteiger partial charge on any atom is -0.396 e. The van der Waals surface area contributed by atoms with Crippen LogP contribution in [0, 0.1) is 35.5 Å². The summed E-state index contributed by atoms with van der Waals surface area (Å²) in [6.45, 7) is 9.39. The van der Waals surface area contributed by atoms with Gasteiger partial charge in [0, 0.05) is 13.2 Å². The molecule has 0 spiro atoms. The fourth-order valence-electron chi connectivity index (χ4n) is 3.20. The molecule has 0 aliphatic heterocycles. The van der Waals surface area contributed by atoms with E-state index in [0.717, 1.165) is 0 Å². The van der Waals surface area contributed by atoms with Crippen LogP contribution in [0.5, 0.6) is 0 Å². The number of aliphatic hydroxyl groups excluding tert-OH is 2. The third-order valence-corrected chi connectivity index (χ3v) is 4.78. The first-order valence-electron chi connectivity index (χ1n) is 5.76. The fraction of sp³-hybridized carbons (Fsp3) is 1.00. The Balaban J connectivity index is 2.82. The molecular formula is C12H24O2. The van der Waals surface area contributed by atoms with Gasteiger partial charge in [-0.05, 0) is 35.5 Å². The summed E-state index contributed by atoms with van der Waals surface area (Å²) in [5.41, 5.74) is 0. The number of hydrogen-bond donors (Lipinski definition) is 2.